The first-order chi connectivity index (χ1) is 16.0. The van der Waals surface area contributed by atoms with Crippen LogP contribution in [0.15, 0.2) is 48.5 Å². The maximum atomic E-state index is 12.8. The molecule has 2 amide bonds. The molecule has 0 spiro atoms. The SMILES string of the molecule is CC[C@@H](NC(=O)OCC1c2ccccc2-c2ccccc21)C(=O)NC1CCCC1CC(=O)O. The van der Waals surface area contributed by atoms with Crippen molar-refractivity contribution in [2.75, 3.05) is 6.61 Å². The molecule has 2 aromatic rings. The molecule has 7 nitrogen and oxygen atoms in total. The molecule has 0 heterocycles. The Hall–Kier alpha value is -3.35. The number of carbonyl (C=O) groups excluding carboxylic acids is 2. The minimum Gasteiger partial charge on any atom is -0.481 e. The molecular weight excluding hydrogens is 420 g/mol. The predicted octanol–water partition coefficient (Wildman–Crippen LogP) is 4.06. The largest absolute Gasteiger partial charge is 0.481 e. The molecule has 33 heavy (non-hydrogen) atoms. The summed E-state index contributed by atoms with van der Waals surface area (Å²) in [6, 6.07) is 15.3. The third-order valence-electron chi connectivity index (χ3n) is 6.78. The second-order valence-electron chi connectivity index (χ2n) is 8.83. The first-order valence-electron chi connectivity index (χ1n) is 11.6. The molecule has 1 fully saturated rings. The zero-order valence-electron chi connectivity index (χ0n) is 18.8. The molecule has 0 radical (unpaired) electrons. The molecule has 2 unspecified atom stereocenters. The summed E-state index contributed by atoms with van der Waals surface area (Å²) in [5.74, 6) is -1.27. The summed E-state index contributed by atoms with van der Waals surface area (Å²) in [6.07, 6.45) is 2.25. The van der Waals surface area contributed by atoms with Crippen LogP contribution in [0, 0.1) is 5.92 Å². The van der Waals surface area contributed by atoms with Gasteiger partial charge in [0.2, 0.25) is 5.91 Å². The van der Waals surface area contributed by atoms with Gasteiger partial charge in [0.1, 0.15) is 12.6 Å². The molecule has 0 saturated heterocycles. The van der Waals surface area contributed by atoms with E-state index in [2.05, 4.69) is 34.9 Å². The maximum Gasteiger partial charge on any atom is 0.407 e. The van der Waals surface area contributed by atoms with Crippen LogP contribution in [0.4, 0.5) is 4.79 Å². The highest BCUT2D eigenvalue weighted by Crippen LogP contribution is 2.44. The Morgan fingerprint density at radius 1 is 1.03 bits per heavy atom. The Balaban J connectivity index is 1.34. The Morgan fingerprint density at radius 3 is 2.27 bits per heavy atom. The third kappa shape index (κ3) is 5.02. The summed E-state index contributed by atoms with van der Waals surface area (Å²) >= 11 is 0. The molecular formula is C26H30N2O5. The lowest BCUT2D eigenvalue weighted by molar-refractivity contribution is -0.138. The van der Waals surface area contributed by atoms with Gasteiger partial charge in [-0.05, 0) is 47.4 Å². The van der Waals surface area contributed by atoms with Crippen LogP contribution in [-0.4, -0.2) is 41.8 Å². The number of carbonyl (C=O) groups is 3. The van der Waals surface area contributed by atoms with Gasteiger partial charge in [0, 0.05) is 12.0 Å². The Bertz CT molecular complexity index is 991. The fourth-order valence-corrected chi connectivity index (χ4v) is 5.11. The highest BCUT2D eigenvalue weighted by atomic mass is 16.5. The average Bonchev–Trinajstić information content (AvgIpc) is 3.37. The lowest BCUT2D eigenvalue weighted by Crippen LogP contribution is -2.50. The van der Waals surface area contributed by atoms with Crippen LogP contribution in [0.25, 0.3) is 11.1 Å². The van der Waals surface area contributed by atoms with E-state index in [1.807, 2.05) is 31.2 Å². The van der Waals surface area contributed by atoms with Gasteiger partial charge in [0.25, 0.3) is 0 Å². The first-order valence-corrected chi connectivity index (χ1v) is 11.6. The van der Waals surface area contributed by atoms with Gasteiger partial charge in [0.05, 0.1) is 6.42 Å². The van der Waals surface area contributed by atoms with Gasteiger partial charge in [0.15, 0.2) is 0 Å². The lowest BCUT2D eigenvalue weighted by atomic mass is 9.98. The molecule has 3 atom stereocenters. The van der Waals surface area contributed by atoms with Crippen molar-refractivity contribution < 1.29 is 24.2 Å². The molecule has 0 bridgehead atoms. The summed E-state index contributed by atoms with van der Waals surface area (Å²) in [5, 5.41) is 14.7. The van der Waals surface area contributed by atoms with Crippen molar-refractivity contribution in [3.05, 3.63) is 59.7 Å². The van der Waals surface area contributed by atoms with Crippen LogP contribution in [0.2, 0.25) is 0 Å². The smallest absolute Gasteiger partial charge is 0.407 e. The molecule has 2 aliphatic rings. The molecule has 7 heteroatoms. The fraction of sp³-hybridized carbons (Fsp3) is 0.423. The number of rotatable bonds is 8. The number of carboxylic acids is 1. The van der Waals surface area contributed by atoms with E-state index in [9.17, 15) is 14.4 Å². The van der Waals surface area contributed by atoms with E-state index in [0.717, 1.165) is 41.5 Å². The topological polar surface area (TPSA) is 105 Å². The number of nitrogens with one attached hydrogen (secondary N) is 2. The minimum absolute atomic E-state index is 0.0432. The van der Waals surface area contributed by atoms with Crippen molar-refractivity contribution in [1.29, 1.82) is 0 Å². The van der Waals surface area contributed by atoms with Gasteiger partial charge in [-0.3, -0.25) is 9.59 Å². The third-order valence-corrected chi connectivity index (χ3v) is 6.78. The average molecular weight is 451 g/mol. The molecule has 2 aliphatic carbocycles. The van der Waals surface area contributed by atoms with E-state index in [-0.39, 0.29) is 36.8 Å². The minimum atomic E-state index is -0.857. The number of ether oxygens (including phenoxy) is 1. The number of aliphatic carboxylic acids is 1. The van der Waals surface area contributed by atoms with Gasteiger partial charge in [-0.25, -0.2) is 4.79 Å². The van der Waals surface area contributed by atoms with Gasteiger partial charge in [-0.15, -0.1) is 0 Å². The van der Waals surface area contributed by atoms with Crippen molar-refractivity contribution in [2.45, 2.75) is 57.0 Å². The van der Waals surface area contributed by atoms with E-state index < -0.39 is 18.1 Å². The van der Waals surface area contributed by atoms with E-state index in [1.165, 1.54) is 0 Å². The van der Waals surface area contributed by atoms with Crippen molar-refractivity contribution >= 4 is 18.0 Å². The predicted molar refractivity (Wildman–Crippen MR) is 124 cm³/mol. The number of carboxylic acid groups (broad SMARTS) is 1. The van der Waals surface area contributed by atoms with Crippen molar-refractivity contribution in [2.24, 2.45) is 5.92 Å². The zero-order valence-corrected chi connectivity index (χ0v) is 18.8. The van der Waals surface area contributed by atoms with Crippen molar-refractivity contribution in [3.8, 4) is 11.1 Å². The Kier molecular flexibility index (Phi) is 6.96. The second-order valence-corrected chi connectivity index (χ2v) is 8.83. The second kappa shape index (κ2) is 10.1. The normalized spacial score (nSPS) is 19.9. The standard InChI is InChI=1S/C26H30N2O5/c1-2-22(25(31)27-23-13-7-8-16(23)14-24(29)30)28-26(32)33-15-21-19-11-5-3-9-17(19)18-10-4-6-12-20(18)21/h3-6,9-12,16,21-23H,2,7-8,13-15H2,1H3,(H,27,31)(H,28,32)(H,29,30)/t16?,22-,23?/m1/s1. The first kappa shape index (κ1) is 22.8. The maximum absolute atomic E-state index is 12.8. The van der Waals surface area contributed by atoms with Gasteiger partial charge < -0.3 is 20.5 Å². The van der Waals surface area contributed by atoms with E-state index in [4.69, 9.17) is 9.84 Å². The quantitative estimate of drug-likeness (QED) is 0.563. The number of alkyl carbamates (subject to hydrolysis) is 1. The number of benzene rings is 2. The number of hydrogen-bond donors (Lipinski definition) is 3. The van der Waals surface area contributed by atoms with Gasteiger partial charge in [-0.2, -0.15) is 0 Å². The Labute approximate surface area is 193 Å². The van der Waals surface area contributed by atoms with Crippen molar-refractivity contribution in [1.82, 2.24) is 10.6 Å². The van der Waals surface area contributed by atoms with Crippen LogP contribution in [0.1, 0.15) is 56.1 Å². The molecule has 2 aromatic carbocycles. The number of amides is 2. The van der Waals surface area contributed by atoms with Crippen LogP contribution >= 0.6 is 0 Å². The van der Waals surface area contributed by atoms with E-state index >= 15 is 0 Å². The summed E-state index contributed by atoms with van der Waals surface area (Å²) < 4.78 is 5.56. The number of hydrogen-bond acceptors (Lipinski definition) is 4. The zero-order chi connectivity index (χ0) is 23.4. The van der Waals surface area contributed by atoms with E-state index in [0.29, 0.717) is 6.42 Å². The Morgan fingerprint density at radius 2 is 1.67 bits per heavy atom. The fourth-order valence-electron chi connectivity index (χ4n) is 5.11. The lowest BCUT2D eigenvalue weighted by Gasteiger charge is -2.23. The monoisotopic (exact) mass is 450 g/mol. The van der Waals surface area contributed by atoms with E-state index in [1.54, 1.807) is 0 Å². The number of fused-ring (bicyclic) bond motifs is 3. The van der Waals surface area contributed by atoms with Gasteiger partial charge in [-0.1, -0.05) is 61.9 Å². The summed E-state index contributed by atoms with van der Waals surface area (Å²) in [6.45, 7) is 2.00. The van der Waals surface area contributed by atoms with Crippen molar-refractivity contribution in [3.63, 3.8) is 0 Å². The molecule has 0 aliphatic heterocycles. The molecule has 174 valence electrons. The molecule has 0 aromatic heterocycles. The van der Waals surface area contributed by atoms with Gasteiger partial charge >= 0.3 is 12.1 Å². The van der Waals surface area contributed by atoms with Crippen LogP contribution in [0.5, 0.6) is 0 Å². The molecule has 3 N–H and O–H groups in total. The van der Waals surface area contributed by atoms with Crippen LogP contribution < -0.4 is 10.6 Å². The summed E-state index contributed by atoms with van der Waals surface area (Å²) in [5.41, 5.74) is 4.56. The van der Waals surface area contributed by atoms with Crippen LogP contribution in [-0.2, 0) is 14.3 Å². The highest BCUT2D eigenvalue weighted by Gasteiger charge is 2.33. The molecule has 4 rings (SSSR count). The highest BCUT2D eigenvalue weighted by molar-refractivity contribution is 5.86. The summed E-state index contributed by atoms with van der Waals surface area (Å²) in [4.78, 5) is 36.4. The van der Waals surface area contributed by atoms with Crippen LogP contribution in [0.3, 0.4) is 0 Å². The molecule has 1 saturated carbocycles. The summed E-state index contributed by atoms with van der Waals surface area (Å²) in [7, 11) is 0.